The van der Waals surface area contributed by atoms with Crippen LogP contribution in [-0.4, -0.2) is 35.2 Å². The lowest BCUT2D eigenvalue weighted by Crippen LogP contribution is -2.29. The molecule has 1 N–H and O–H groups in total. The SMILES string of the molecule is C=C(C)CN1CC(O)CC1C. The summed E-state index contributed by atoms with van der Waals surface area (Å²) in [4.78, 5) is 2.27. The van der Waals surface area contributed by atoms with Crippen LogP contribution in [0.5, 0.6) is 0 Å². The number of aliphatic hydroxyl groups is 1. The fraction of sp³-hybridized carbons (Fsp3) is 0.778. The molecule has 1 heterocycles. The number of rotatable bonds is 2. The quantitative estimate of drug-likeness (QED) is 0.602. The van der Waals surface area contributed by atoms with Crippen molar-refractivity contribution < 1.29 is 5.11 Å². The van der Waals surface area contributed by atoms with Crippen molar-refractivity contribution in [2.45, 2.75) is 32.4 Å². The van der Waals surface area contributed by atoms with E-state index in [-0.39, 0.29) is 6.10 Å². The summed E-state index contributed by atoms with van der Waals surface area (Å²) >= 11 is 0. The van der Waals surface area contributed by atoms with Gasteiger partial charge in [-0.15, -0.1) is 0 Å². The van der Waals surface area contributed by atoms with Crippen LogP contribution < -0.4 is 0 Å². The van der Waals surface area contributed by atoms with Crippen molar-refractivity contribution in [3.05, 3.63) is 12.2 Å². The van der Waals surface area contributed by atoms with Crippen molar-refractivity contribution in [2.75, 3.05) is 13.1 Å². The van der Waals surface area contributed by atoms with E-state index < -0.39 is 0 Å². The van der Waals surface area contributed by atoms with Gasteiger partial charge in [0.05, 0.1) is 6.10 Å². The van der Waals surface area contributed by atoms with Gasteiger partial charge >= 0.3 is 0 Å². The lowest BCUT2D eigenvalue weighted by atomic mass is 10.2. The molecule has 1 fully saturated rings. The van der Waals surface area contributed by atoms with Gasteiger partial charge in [-0.2, -0.15) is 0 Å². The molecular weight excluding hydrogens is 138 g/mol. The molecule has 0 spiro atoms. The second-order valence-electron chi connectivity index (χ2n) is 3.63. The molecule has 0 aromatic heterocycles. The zero-order valence-corrected chi connectivity index (χ0v) is 7.38. The third-order valence-corrected chi connectivity index (χ3v) is 2.15. The Morgan fingerprint density at radius 2 is 2.36 bits per heavy atom. The standard InChI is InChI=1S/C9H17NO/c1-7(2)5-10-6-9(11)4-8(10)3/h8-9,11H,1,4-6H2,2-3H3. The number of aliphatic hydroxyl groups excluding tert-OH is 1. The fourth-order valence-corrected chi connectivity index (χ4v) is 1.64. The van der Waals surface area contributed by atoms with Crippen molar-refractivity contribution in [3.8, 4) is 0 Å². The summed E-state index contributed by atoms with van der Waals surface area (Å²) in [5, 5.41) is 9.31. The maximum absolute atomic E-state index is 9.31. The third kappa shape index (κ3) is 2.31. The number of nitrogens with zero attached hydrogens (tertiary/aromatic N) is 1. The van der Waals surface area contributed by atoms with Gasteiger partial charge in [-0.05, 0) is 20.3 Å². The highest BCUT2D eigenvalue weighted by Crippen LogP contribution is 2.17. The van der Waals surface area contributed by atoms with Crippen LogP contribution in [0.3, 0.4) is 0 Å². The smallest absolute Gasteiger partial charge is 0.0682 e. The van der Waals surface area contributed by atoms with Gasteiger partial charge in [-0.3, -0.25) is 4.90 Å². The van der Waals surface area contributed by atoms with Crippen molar-refractivity contribution in [2.24, 2.45) is 0 Å². The van der Waals surface area contributed by atoms with Crippen LogP contribution >= 0.6 is 0 Å². The number of hydrogen-bond acceptors (Lipinski definition) is 2. The third-order valence-electron chi connectivity index (χ3n) is 2.15. The summed E-state index contributed by atoms with van der Waals surface area (Å²) in [7, 11) is 0. The molecule has 1 saturated heterocycles. The van der Waals surface area contributed by atoms with Gasteiger partial charge in [-0.1, -0.05) is 12.2 Å². The highest BCUT2D eigenvalue weighted by Gasteiger charge is 2.26. The zero-order valence-electron chi connectivity index (χ0n) is 7.38. The molecule has 1 aliphatic heterocycles. The Hall–Kier alpha value is -0.340. The van der Waals surface area contributed by atoms with Crippen molar-refractivity contribution in [1.29, 1.82) is 0 Å². The summed E-state index contributed by atoms with van der Waals surface area (Å²) in [6.45, 7) is 9.77. The van der Waals surface area contributed by atoms with Crippen LogP contribution in [0.25, 0.3) is 0 Å². The van der Waals surface area contributed by atoms with E-state index in [0.717, 1.165) is 19.5 Å². The van der Waals surface area contributed by atoms with E-state index in [1.807, 2.05) is 6.92 Å². The Kier molecular flexibility index (Phi) is 2.68. The summed E-state index contributed by atoms with van der Waals surface area (Å²) < 4.78 is 0. The summed E-state index contributed by atoms with van der Waals surface area (Å²) in [5.41, 5.74) is 1.17. The number of likely N-dealkylation sites (tertiary alicyclic amines) is 1. The first-order chi connectivity index (χ1) is 5.09. The monoisotopic (exact) mass is 155 g/mol. The van der Waals surface area contributed by atoms with E-state index >= 15 is 0 Å². The van der Waals surface area contributed by atoms with Gasteiger partial charge in [0.2, 0.25) is 0 Å². The van der Waals surface area contributed by atoms with Crippen LogP contribution in [0, 0.1) is 0 Å². The van der Waals surface area contributed by atoms with Gasteiger partial charge in [0.25, 0.3) is 0 Å². The van der Waals surface area contributed by atoms with Crippen molar-refractivity contribution in [1.82, 2.24) is 4.90 Å². The first kappa shape index (κ1) is 8.75. The maximum Gasteiger partial charge on any atom is 0.0682 e. The van der Waals surface area contributed by atoms with E-state index in [1.165, 1.54) is 5.57 Å². The second kappa shape index (κ2) is 3.37. The highest BCUT2D eigenvalue weighted by atomic mass is 16.3. The average Bonchev–Trinajstić information content (AvgIpc) is 2.09. The normalized spacial score (nSPS) is 32.6. The predicted molar refractivity (Wildman–Crippen MR) is 46.5 cm³/mol. The Morgan fingerprint density at radius 3 is 2.73 bits per heavy atom. The molecule has 0 aromatic carbocycles. The summed E-state index contributed by atoms with van der Waals surface area (Å²) in [6.07, 6.45) is 0.789. The second-order valence-corrected chi connectivity index (χ2v) is 3.63. The molecule has 64 valence electrons. The Labute approximate surface area is 68.5 Å². The Bertz CT molecular complexity index is 156. The minimum atomic E-state index is -0.121. The van der Waals surface area contributed by atoms with E-state index in [4.69, 9.17) is 0 Å². The van der Waals surface area contributed by atoms with Crippen LogP contribution in [0.4, 0.5) is 0 Å². The minimum Gasteiger partial charge on any atom is -0.392 e. The first-order valence-electron chi connectivity index (χ1n) is 4.16. The van der Waals surface area contributed by atoms with E-state index in [0.29, 0.717) is 6.04 Å². The van der Waals surface area contributed by atoms with Gasteiger partial charge in [0, 0.05) is 19.1 Å². The van der Waals surface area contributed by atoms with E-state index in [1.54, 1.807) is 0 Å². The van der Waals surface area contributed by atoms with Gasteiger partial charge < -0.3 is 5.11 Å². The average molecular weight is 155 g/mol. The molecule has 0 aromatic rings. The fourth-order valence-electron chi connectivity index (χ4n) is 1.64. The Morgan fingerprint density at radius 1 is 1.73 bits per heavy atom. The van der Waals surface area contributed by atoms with Crippen LogP contribution in [-0.2, 0) is 0 Å². The van der Waals surface area contributed by atoms with Crippen molar-refractivity contribution in [3.63, 3.8) is 0 Å². The van der Waals surface area contributed by atoms with Crippen LogP contribution in [0.15, 0.2) is 12.2 Å². The maximum atomic E-state index is 9.31. The van der Waals surface area contributed by atoms with Gasteiger partial charge in [0.15, 0.2) is 0 Å². The molecule has 2 atom stereocenters. The molecular formula is C9H17NO. The molecule has 11 heavy (non-hydrogen) atoms. The van der Waals surface area contributed by atoms with Gasteiger partial charge in [-0.25, -0.2) is 0 Å². The van der Waals surface area contributed by atoms with E-state index in [9.17, 15) is 5.11 Å². The molecule has 0 amide bonds. The molecule has 2 unspecified atom stereocenters. The highest BCUT2D eigenvalue weighted by molar-refractivity contribution is 4.96. The lowest BCUT2D eigenvalue weighted by Gasteiger charge is -2.20. The zero-order chi connectivity index (χ0) is 8.43. The summed E-state index contributed by atoms with van der Waals surface area (Å²) in [6, 6.07) is 0.515. The topological polar surface area (TPSA) is 23.5 Å². The predicted octanol–water partition coefficient (Wildman–Crippen LogP) is 1.02. The molecule has 1 aliphatic rings. The number of β-amino-alcohol motifs (C(OH)–C–C–N with tert-alkyl or cyclic N) is 1. The molecule has 2 heteroatoms. The Balaban J connectivity index is 2.40. The summed E-state index contributed by atoms with van der Waals surface area (Å²) in [5.74, 6) is 0. The number of hydrogen-bond donors (Lipinski definition) is 1. The van der Waals surface area contributed by atoms with E-state index in [2.05, 4.69) is 18.4 Å². The van der Waals surface area contributed by atoms with Crippen molar-refractivity contribution >= 4 is 0 Å². The molecule has 1 rings (SSSR count). The minimum absolute atomic E-state index is 0.121. The molecule has 2 nitrogen and oxygen atoms in total. The van der Waals surface area contributed by atoms with Crippen LogP contribution in [0.2, 0.25) is 0 Å². The van der Waals surface area contributed by atoms with Gasteiger partial charge in [0.1, 0.15) is 0 Å². The van der Waals surface area contributed by atoms with Crippen LogP contribution in [0.1, 0.15) is 20.3 Å². The largest absolute Gasteiger partial charge is 0.392 e. The first-order valence-corrected chi connectivity index (χ1v) is 4.16. The lowest BCUT2D eigenvalue weighted by molar-refractivity contribution is 0.178. The molecule has 0 aliphatic carbocycles. The molecule has 0 radical (unpaired) electrons. The molecule has 0 saturated carbocycles. The molecule has 0 bridgehead atoms.